The SMILES string of the molecule is Cc1oc(-c2cccs2)nc1CN1CCN(C)[C@H](C(=O)O)C1. The molecule has 3 rings (SSSR count). The van der Waals surface area contributed by atoms with Crippen LogP contribution in [0.4, 0.5) is 0 Å². The monoisotopic (exact) mass is 321 g/mol. The van der Waals surface area contributed by atoms with Gasteiger partial charge < -0.3 is 9.52 Å². The zero-order valence-electron chi connectivity index (χ0n) is 12.7. The lowest BCUT2D eigenvalue weighted by Gasteiger charge is -2.36. The van der Waals surface area contributed by atoms with Crippen LogP contribution in [0.15, 0.2) is 21.9 Å². The van der Waals surface area contributed by atoms with Crippen LogP contribution in [0.3, 0.4) is 0 Å². The van der Waals surface area contributed by atoms with E-state index >= 15 is 0 Å². The topological polar surface area (TPSA) is 69.8 Å². The second-order valence-corrected chi connectivity index (χ2v) is 6.52. The zero-order valence-corrected chi connectivity index (χ0v) is 13.5. The van der Waals surface area contributed by atoms with Gasteiger partial charge in [-0.3, -0.25) is 14.6 Å². The number of hydrogen-bond donors (Lipinski definition) is 1. The van der Waals surface area contributed by atoms with Crippen LogP contribution in [0, 0.1) is 6.92 Å². The molecule has 0 radical (unpaired) electrons. The number of carbonyl (C=O) groups is 1. The Labute approximate surface area is 133 Å². The molecule has 0 amide bonds. The summed E-state index contributed by atoms with van der Waals surface area (Å²) in [5.41, 5.74) is 0.886. The molecular formula is C15H19N3O3S. The number of carboxylic acids is 1. The molecule has 22 heavy (non-hydrogen) atoms. The van der Waals surface area contributed by atoms with Gasteiger partial charge in [0, 0.05) is 26.2 Å². The van der Waals surface area contributed by atoms with Crippen molar-refractivity contribution in [3.05, 3.63) is 29.0 Å². The minimum atomic E-state index is -0.775. The van der Waals surface area contributed by atoms with Crippen LogP contribution in [-0.2, 0) is 11.3 Å². The van der Waals surface area contributed by atoms with Crippen molar-refractivity contribution in [2.24, 2.45) is 0 Å². The molecule has 3 heterocycles. The first-order chi connectivity index (χ1) is 10.5. The van der Waals surface area contributed by atoms with Crippen molar-refractivity contribution in [1.82, 2.24) is 14.8 Å². The number of carboxylic acid groups (broad SMARTS) is 1. The highest BCUT2D eigenvalue weighted by Gasteiger charge is 2.30. The number of hydrogen-bond acceptors (Lipinski definition) is 6. The van der Waals surface area contributed by atoms with E-state index in [1.807, 2.05) is 36.4 Å². The number of nitrogens with zero attached hydrogens (tertiary/aromatic N) is 3. The first-order valence-electron chi connectivity index (χ1n) is 7.20. The molecule has 7 heteroatoms. The number of oxazole rings is 1. The average Bonchev–Trinajstić information content (AvgIpc) is 3.11. The summed E-state index contributed by atoms with van der Waals surface area (Å²) in [5.74, 6) is 0.670. The first-order valence-corrected chi connectivity index (χ1v) is 8.08. The van der Waals surface area contributed by atoms with E-state index in [2.05, 4.69) is 9.88 Å². The third-order valence-electron chi connectivity index (χ3n) is 4.02. The maximum absolute atomic E-state index is 11.3. The van der Waals surface area contributed by atoms with Gasteiger partial charge in [-0.15, -0.1) is 11.3 Å². The molecule has 1 saturated heterocycles. The van der Waals surface area contributed by atoms with Gasteiger partial charge in [0.2, 0.25) is 5.89 Å². The summed E-state index contributed by atoms with van der Waals surface area (Å²) < 4.78 is 5.74. The Hall–Kier alpha value is -1.70. The van der Waals surface area contributed by atoms with Crippen LogP contribution in [0.5, 0.6) is 0 Å². The highest BCUT2D eigenvalue weighted by atomic mass is 32.1. The van der Waals surface area contributed by atoms with Crippen LogP contribution in [0.1, 0.15) is 11.5 Å². The Kier molecular flexibility index (Phi) is 4.28. The summed E-state index contributed by atoms with van der Waals surface area (Å²) >= 11 is 1.59. The third kappa shape index (κ3) is 3.06. The predicted molar refractivity (Wildman–Crippen MR) is 83.9 cm³/mol. The van der Waals surface area contributed by atoms with Gasteiger partial charge in [-0.1, -0.05) is 6.07 Å². The summed E-state index contributed by atoms with van der Waals surface area (Å²) in [6.45, 7) is 4.61. The molecule has 0 bridgehead atoms. The van der Waals surface area contributed by atoms with E-state index in [9.17, 15) is 9.90 Å². The summed E-state index contributed by atoms with van der Waals surface area (Å²) in [7, 11) is 1.85. The highest BCUT2D eigenvalue weighted by Crippen LogP contribution is 2.26. The fourth-order valence-corrected chi connectivity index (χ4v) is 3.28. The maximum atomic E-state index is 11.3. The Morgan fingerprint density at radius 3 is 3.05 bits per heavy atom. The first kappa shape index (κ1) is 15.2. The van der Waals surface area contributed by atoms with E-state index in [-0.39, 0.29) is 0 Å². The van der Waals surface area contributed by atoms with Crippen LogP contribution in [0.25, 0.3) is 10.8 Å². The van der Waals surface area contributed by atoms with Crippen molar-refractivity contribution < 1.29 is 14.3 Å². The van der Waals surface area contributed by atoms with Gasteiger partial charge in [-0.2, -0.15) is 0 Å². The molecule has 0 aliphatic carbocycles. The van der Waals surface area contributed by atoms with Crippen LogP contribution in [-0.4, -0.2) is 58.6 Å². The van der Waals surface area contributed by atoms with Crippen molar-refractivity contribution in [2.75, 3.05) is 26.7 Å². The van der Waals surface area contributed by atoms with Crippen LogP contribution in [0.2, 0.25) is 0 Å². The molecule has 1 N–H and O–H groups in total. The fraction of sp³-hybridized carbons (Fsp3) is 0.467. The standard InChI is InChI=1S/C15H19N3O3S/c1-10-11(16-14(21-10)13-4-3-7-22-13)8-18-6-5-17(2)12(9-18)15(19)20/h3-4,7,12H,5-6,8-9H2,1-2H3,(H,19,20)/t12-/m0/s1. The molecule has 1 fully saturated rings. The Balaban J connectivity index is 1.72. The molecule has 2 aromatic heterocycles. The lowest BCUT2D eigenvalue weighted by Crippen LogP contribution is -2.54. The zero-order chi connectivity index (χ0) is 15.7. The molecule has 2 aromatic rings. The van der Waals surface area contributed by atoms with Gasteiger partial charge in [0.25, 0.3) is 0 Å². The number of thiophene rings is 1. The average molecular weight is 321 g/mol. The number of piperazine rings is 1. The lowest BCUT2D eigenvalue weighted by atomic mass is 10.1. The fourth-order valence-electron chi connectivity index (χ4n) is 2.63. The van der Waals surface area contributed by atoms with Crippen molar-refractivity contribution in [1.29, 1.82) is 0 Å². The molecule has 0 spiro atoms. The number of rotatable bonds is 4. The van der Waals surface area contributed by atoms with E-state index in [0.29, 0.717) is 19.0 Å². The molecular weight excluding hydrogens is 302 g/mol. The van der Waals surface area contributed by atoms with Gasteiger partial charge in [0.1, 0.15) is 11.8 Å². The second-order valence-electron chi connectivity index (χ2n) is 5.57. The smallest absolute Gasteiger partial charge is 0.322 e. The number of aryl methyl sites for hydroxylation is 1. The summed E-state index contributed by atoms with van der Waals surface area (Å²) in [5, 5.41) is 11.3. The largest absolute Gasteiger partial charge is 0.480 e. The molecule has 6 nitrogen and oxygen atoms in total. The van der Waals surface area contributed by atoms with Gasteiger partial charge in [0.05, 0.1) is 10.6 Å². The van der Waals surface area contributed by atoms with Crippen LogP contribution >= 0.6 is 11.3 Å². The minimum Gasteiger partial charge on any atom is -0.480 e. The van der Waals surface area contributed by atoms with E-state index in [1.54, 1.807) is 11.3 Å². The van der Waals surface area contributed by atoms with E-state index < -0.39 is 12.0 Å². The summed E-state index contributed by atoms with van der Waals surface area (Å²) in [4.78, 5) is 20.9. The van der Waals surface area contributed by atoms with Crippen molar-refractivity contribution in [3.8, 4) is 10.8 Å². The van der Waals surface area contributed by atoms with Gasteiger partial charge in [-0.05, 0) is 25.4 Å². The van der Waals surface area contributed by atoms with Gasteiger partial charge in [-0.25, -0.2) is 4.98 Å². The second kappa shape index (κ2) is 6.20. The van der Waals surface area contributed by atoms with Crippen LogP contribution < -0.4 is 0 Å². The molecule has 118 valence electrons. The summed E-state index contributed by atoms with van der Waals surface area (Å²) in [6, 6.07) is 3.49. The molecule has 1 aliphatic rings. The maximum Gasteiger partial charge on any atom is 0.322 e. The summed E-state index contributed by atoms with van der Waals surface area (Å²) in [6.07, 6.45) is 0. The number of likely N-dealkylation sites (N-methyl/N-ethyl adjacent to an activating group) is 1. The third-order valence-corrected chi connectivity index (χ3v) is 4.87. The quantitative estimate of drug-likeness (QED) is 0.928. The molecule has 0 saturated carbocycles. The Morgan fingerprint density at radius 1 is 1.55 bits per heavy atom. The lowest BCUT2D eigenvalue weighted by molar-refractivity contribution is -0.145. The van der Waals surface area contributed by atoms with Crippen molar-refractivity contribution in [2.45, 2.75) is 19.5 Å². The Bertz CT molecular complexity index is 653. The van der Waals surface area contributed by atoms with E-state index in [4.69, 9.17) is 4.42 Å². The highest BCUT2D eigenvalue weighted by molar-refractivity contribution is 7.13. The van der Waals surface area contributed by atoms with Crippen molar-refractivity contribution >= 4 is 17.3 Å². The van der Waals surface area contributed by atoms with E-state index in [0.717, 1.165) is 29.4 Å². The molecule has 0 aromatic carbocycles. The Morgan fingerprint density at radius 2 is 2.36 bits per heavy atom. The van der Waals surface area contributed by atoms with Crippen molar-refractivity contribution in [3.63, 3.8) is 0 Å². The molecule has 0 unspecified atom stereocenters. The van der Waals surface area contributed by atoms with Gasteiger partial charge in [0.15, 0.2) is 0 Å². The number of aromatic nitrogens is 1. The minimum absolute atomic E-state index is 0.460. The van der Waals surface area contributed by atoms with Gasteiger partial charge >= 0.3 is 5.97 Å². The normalized spacial score (nSPS) is 20.4. The van der Waals surface area contributed by atoms with E-state index in [1.165, 1.54) is 0 Å². The molecule has 1 atom stereocenters. The molecule has 1 aliphatic heterocycles. The predicted octanol–water partition coefficient (Wildman–Crippen LogP) is 1.91. The number of aliphatic carboxylic acids is 1.